The number of hydrogen-bond acceptors (Lipinski definition) is 4. The average molecular weight is 381 g/mol. The van der Waals surface area contributed by atoms with Gasteiger partial charge in [-0.15, -0.1) is 0 Å². The van der Waals surface area contributed by atoms with E-state index in [4.69, 9.17) is 0 Å². The zero-order valence-corrected chi connectivity index (χ0v) is 17.2. The van der Waals surface area contributed by atoms with Crippen molar-refractivity contribution in [2.24, 2.45) is 4.99 Å². The molecule has 28 heavy (non-hydrogen) atoms. The fourth-order valence-corrected chi connectivity index (χ4v) is 3.58. The predicted octanol–water partition coefficient (Wildman–Crippen LogP) is 2.87. The third kappa shape index (κ3) is 5.15. The highest BCUT2D eigenvalue weighted by molar-refractivity contribution is 5.80. The Morgan fingerprint density at radius 2 is 1.96 bits per heavy atom. The number of rotatable bonds is 7. The maximum absolute atomic E-state index is 4.59. The topological polar surface area (TPSA) is 55.8 Å². The van der Waals surface area contributed by atoms with Gasteiger partial charge in [0.15, 0.2) is 5.96 Å². The van der Waals surface area contributed by atoms with Crippen LogP contribution in [0.15, 0.2) is 53.7 Å². The van der Waals surface area contributed by atoms with E-state index in [-0.39, 0.29) is 0 Å². The molecule has 1 atom stereocenters. The minimum atomic E-state index is 0.398. The maximum atomic E-state index is 4.59. The van der Waals surface area contributed by atoms with Crippen molar-refractivity contribution < 1.29 is 0 Å². The van der Waals surface area contributed by atoms with Crippen molar-refractivity contribution in [3.8, 4) is 0 Å². The van der Waals surface area contributed by atoms with Gasteiger partial charge in [0, 0.05) is 57.7 Å². The molecule has 1 unspecified atom stereocenters. The van der Waals surface area contributed by atoms with E-state index in [1.54, 1.807) is 0 Å². The molecular formula is C22H32N6. The normalized spacial score (nSPS) is 16.9. The first-order valence-corrected chi connectivity index (χ1v) is 10.2. The minimum absolute atomic E-state index is 0.398. The highest BCUT2D eigenvalue weighted by Gasteiger charge is 2.23. The monoisotopic (exact) mass is 380 g/mol. The fourth-order valence-electron chi connectivity index (χ4n) is 3.58. The Bertz CT molecular complexity index is 739. The van der Waals surface area contributed by atoms with Crippen LogP contribution in [0.1, 0.15) is 25.8 Å². The molecule has 0 aliphatic carbocycles. The molecule has 0 spiro atoms. The number of hydrogen-bond donors (Lipinski definition) is 2. The third-order valence-corrected chi connectivity index (χ3v) is 5.23. The second-order valence-electron chi connectivity index (χ2n) is 7.03. The summed E-state index contributed by atoms with van der Waals surface area (Å²) in [5, 5.41) is 6.96. The van der Waals surface area contributed by atoms with Crippen LogP contribution in [0.4, 0.5) is 11.5 Å². The lowest BCUT2D eigenvalue weighted by Crippen LogP contribution is -2.44. The number of anilines is 2. The molecule has 1 saturated heterocycles. The standard InChI is InChI=1S/C22H32N6/c1-4-27(5-2)21-12-11-18(15-24-21)16-25-22(23-3)26-19-13-14-28(17-19)20-9-7-6-8-10-20/h6-12,15,19H,4-5,13-14,16-17H2,1-3H3,(H2,23,25,26). The molecule has 0 radical (unpaired) electrons. The molecule has 1 aromatic heterocycles. The predicted molar refractivity (Wildman–Crippen MR) is 118 cm³/mol. The smallest absolute Gasteiger partial charge is 0.191 e. The lowest BCUT2D eigenvalue weighted by molar-refractivity contribution is 0.648. The lowest BCUT2D eigenvalue weighted by atomic mass is 10.2. The van der Waals surface area contributed by atoms with E-state index < -0.39 is 0 Å². The zero-order valence-electron chi connectivity index (χ0n) is 17.2. The summed E-state index contributed by atoms with van der Waals surface area (Å²) in [4.78, 5) is 13.6. The Hall–Kier alpha value is -2.76. The van der Waals surface area contributed by atoms with Crippen LogP contribution in [-0.4, -0.2) is 50.2 Å². The van der Waals surface area contributed by atoms with Gasteiger partial charge in [0.2, 0.25) is 0 Å². The van der Waals surface area contributed by atoms with Crippen LogP contribution in [0.3, 0.4) is 0 Å². The number of para-hydroxylation sites is 1. The molecule has 6 heteroatoms. The zero-order chi connectivity index (χ0) is 19.8. The van der Waals surface area contributed by atoms with Gasteiger partial charge in [-0.2, -0.15) is 0 Å². The number of aliphatic imine (C=N–C) groups is 1. The average Bonchev–Trinajstić information content (AvgIpc) is 3.22. The Morgan fingerprint density at radius 3 is 2.61 bits per heavy atom. The van der Waals surface area contributed by atoms with Crippen LogP contribution in [0.25, 0.3) is 0 Å². The van der Waals surface area contributed by atoms with Gasteiger partial charge >= 0.3 is 0 Å². The summed E-state index contributed by atoms with van der Waals surface area (Å²) in [7, 11) is 1.82. The highest BCUT2D eigenvalue weighted by atomic mass is 15.2. The van der Waals surface area contributed by atoms with E-state index in [1.165, 1.54) is 5.69 Å². The summed E-state index contributed by atoms with van der Waals surface area (Å²) < 4.78 is 0. The van der Waals surface area contributed by atoms with Crippen molar-refractivity contribution in [1.82, 2.24) is 15.6 Å². The maximum Gasteiger partial charge on any atom is 0.191 e. The van der Waals surface area contributed by atoms with Gasteiger partial charge in [-0.05, 0) is 44.0 Å². The molecule has 3 rings (SSSR count). The number of benzene rings is 1. The molecule has 1 fully saturated rings. The summed E-state index contributed by atoms with van der Waals surface area (Å²) >= 11 is 0. The number of nitrogens with zero attached hydrogens (tertiary/aromatic N) is 4. The van der Waals surface area contributed by atoms with Crippen molar-refractivity contribution in [2.45, 2.75) is 32.9 Å². The molecule has 1 aliphatic heterocycles. The summed E-state index contributed by atoms with van der Waals surface area (Å²) in [5.41, 5.74) is 2.44. The molecule has 2 aromatic rings. The Morgan fingerprint density at radius 1 is 1.18 bits per heavy atom. The third-order valence-electron chi connectivity index (χ3n) is 5.23. The summed E-state index contributed by atoms with van der Waals surface area (Å²) in [6.07, 6.45) is 3.05. The van der Waals surface area contributed by atoms with Crippen molar-refractivity contribution in [1.29, 1.82) is 0 Å². The molecule has 2 heterocycles. The Labute approximate surface area is 168 Å². The molecule has 1 aromatic carbocycles. The highest BCUT2D eigenvalue weighted by Crippen LogP contribution is 2.19. The molecule has 0 amide bonds. The summed E-state index contributed by atoms with van der Waals surface area (Å²) in [5.74, 6) is 1.87. The van der Waals surface area contributed by atoms with Crippen LogP contribution in [0.2, 0.25) is 0 Å². The Balaban J connectivity index is 1.49. The van der Waals surface area contributed by atoms with E-state index in [0.29, 0.717) is 12.6 Å². The van der Waals surface area contributed by atoms with Gasteiger partial charge in [-0.25, -0.2) is 4.98 Å². The molecular weight excluding hydrogens is 348 g/mol. The van der Waals surface area contributed by atoms with E-state index in [9.17, 15) is 0 Å². The summed E-state index contributed by atoms with van der Waals surface area (Å²) in [6, 6.07) is 15.2. The van der Waals surface area contributed by atoms with Gasteiger partial charge < -0.3 is 20.4 Å². The van der Waals surface area contributed by atoms with Gasteiger partial charge in [0.25, 0.3) is 0 Å². The number of aromatic nitrogens is 1. The number of pyridine rings is 1. The summed E-state index contributed by atoms with van der Waals surface area (Å²) in [6.45, 7) is 9.01. The van der Waals surface area contributed by atoms with Crippen LogP contribution >= 0.6 is 0 Å². The van der Waals surface area contributed by atoms with Crippen LogP contribution in [-0.2, 0) is 6.54 Å². The van der Waals surface area contributed by atoms with E-state index in [1.807, 2.05) is 13.2 Å². The van der Waals surface area contributed by atoms with Gasteiger partial charge in [0.05, 0.1) is 0 Å². The number of nitrogens with one attached hydrogen (secondary N) is 2. The first-order valence-electron chi connectivity index (χ1n) is 10.2. The molecule has 6 nitrogen and oxygen atoms in total. The van der Waals surface area contributed by atoms with E-state index >= 15 is 0 Å². The van der Waals surface area contributed by atoms with Crippen molar-refractivity contribution >= 4 is 17.5 Å². The van der Waals surface area contributed by atoms with Gasteiger partial charge in [0.1, 0.15) is 5.82 Å². The van der Waals surface area contributed by atoms with Crippen LogP contribution in [0.5, 0.6) is 0 Å². The first-order chi connectivity index (χ1) is 13.7. The second-order valence-corrected chi connectivity index (χ2v) is 7.03. The van der Waals surface area contributed by atoms with E-state index in [2.05, 4.69) is 86.7 Å². The fraction of sp³-hybridized carbons (Fsp3) is 0.455. The molecule has 1 aliphatic rings. The first kappa shape index (κ1) is 20.0. The van der Waals surface area contributed by atoms with Crippen molar-refractivity contribution in [3.63, 3.8) is 0 Å². The molecule has 0 bridgehead atoms. The van der Waals surface area contributed by atoms with Crippen LogP contribution < -0.4 is 20.4 Å². The van der Waals surface area contributed by atoms with E-state index in [0.717, 1.165) is 49.9 Å². The van der Waals surface area contributed by atoms with Crippen LogP contribution in [0, 0.1) is 0 Å². The minimum Gasteiger partial charge on any atom is -0.369 e. The molecule has 0 saturated carbocycles. The molecule has 150 valence electrons. The number of guanidine groups is 1. The Kier molecular flexibility index (Phi) is 7.12. The lowest BCUT2D eigenvalue weighted by Gasteiger charge is -2.21. The van der Waals surface area contributed by atoms with Gasteiger partial charge in [-0.1, -0.05) is 24.3 Å². The SMILES string of the molecule is CCN(CC)c1ccc(CNC(=NC)NC2CCN(c3ccccc3)C2)cn1. The molecule has 2 N–H and O–H groups in total. The second kappa shape index (κ2) is 9.97. The quantitative estimate of drug-likeness (QED) is 0.571. The van der Waals surface area contributed by atoms with Gasteiger partial charge in [-0.3, -0.25) is 4.99 Å². The van der Waals surface area contributed by atoms with Crippen molar-refractivity contribution in [2.75, 3.05) is 43.0 Å². The van der Waals surface area contributed by atoms with Crippen molar-refractivity contribution in [3.05, 3.63) is 54.2 Å². The largest absolute Gasteiger partial charge is 0.369 e.